The summed E-state index contributed by atoms with van der Waals surface area (Å²) < 4.78 is 5.47. The Morgan fingerprint density at radius 3 is 2.30 bits per heavy atom. The smallest absolute Gasteiger partial charge is 0.190 e. The van der Waals surface area contributed by atoms with E-state index in [9.17, 15) is 0 Å². The highest BCUT2D eigenvalue weighted by Gasteiger charge is 2.52. The van der Waals surface area contributed by atoms with Crippen LogP contribution in [0.25, 0.3) is 0 Å². The van der Waals surface area contributed by atoms with E-state index in [0.29, 0.717) is 17.3 Å². The molecule has 0 amide bonds. The van der Waals surface area contributed by atoms with Gasteiger partial charge in [0.15, 0.2) is 5.88 Å². The molecule has 4 aliphatic carbocycles. The molecule has 0 spiro atoms. The van der Waals surface area contributed by atoms with Crippen molar-refractivity contribution in [3.8, 4) is 0 Å². The summed E-state index contributed by atoms with van der Waals surface area (Å²) in [6.45, 7) is 3.19. The third kappa shape index (κ3) is 2.07. The fraction of sp³-hybridized carbons (Fsp3) is 0.765. The molecule has 1 unspecified atom stereocenters. The lowest BCUT2D eigenvalue weighted by Crippen LogP contribution is -2.54. The fourth-order valence-corrected chi connectivity index (χ4v) is 5.67. The molecule has 20 heavy (non-hydrogen) atoms. The summed E-state index contributed by atoms with van der Waals surface area (Å²) in [5.41, 5.74) is 6.20. The summed E-state index contributed by atoms with van der Waals surface area (Å²) in [7, 11) is 0. The summed E-state index contributed by atoms with van der Waals surface area (Å²) in [5, 5.41) is 3.72. The van der Waals surface area contributed by atoms with Crippen LogP contribution in [0.3, 0.4) is 0 Å². The Morgan fingerprint density at radius 2 is 1.80 bits per heavy atom. The first-order valence-corrected chi connectivity index (χ1v) is 8.20. The maximum Gasteiger partial charge on any atom is 0.190 e. The minimum absolute atomic E-state index is 0.518. The van der Waals surface area contributed by atoms with Crippen LogP contribution >= 0.6 is 0 Å². The molecule has 0 saturated heterocycles. The van der Waals surface area contributed by atoms with Crippen molar-refractivity contribution >= 4 is 5.88 Å². The van der Waals surface area contributed by atoms with E-state index in [4.69, 9.17) is 10.2 Å². The molecule has 3 nitrogen and oxygen atoms in total. The predicted molar refractivity (Wildman–Crippen MR) is 80.0 cm³/mol. The molecule has 5 rings (SSSR count). The zero-order valence-corrected chi connectivity index (χ0v) is 12.4. The Labute approximate surface area is 121 Å². The molecule has 0 radical (unpaired) electrons. The van der Waals surface area contributed by atoms with Crippen molar-refractivity contribution in [1.82, 2.24) is 5.32 Å². The van der Waals surface area contributed by atoms with E-state index >= 15 is 0 Å². The van der Waals surface area contributed by atoms with E-state index in [-0.39, 0.29) is 0 Å². The summed E-state index contributed by atoms with van der Waals surface area (Å²) in [6.07, 6.45) is 8.90. The SMILES string of the molecule is CC(NCc1ccc(N)o1)C12CC3CC(CC(C3)C1)C2. The lowest BCUT2D eigenvalue weighted by molar-refractivity contribution is -0.0708. The van der Waals surface area contributed by atoms with E-state index in [2.05, 4.69) is 12.2 Å². The Kier molecular flexibility index (Phi) is 2.88. The van der Waals surface area contributed by atoms with Gasteiger partial charge in [0, 0.05) is 12.1 Å². The largest absolute Gasteiger partial charge is 0.445 e. The van der Waals surface area contributed by atoms with Crippen molar-refractivity contribution in [2.45, 2.75) is 58.0 Å². The first kappa shape index (κ1) is 12.8. The third-order valence-electron chi connectivity index (χ3n) is 6.27. The molecule has 1 aromatic heterocycles. The second-order valence-electron chi connectivity index (χ2n) is 7.69. The number of hydrogen-bond acceptors (Lipinski definition) is 3. The van der Waals surface area contributed by atoms with Crippen LogP contribution < -0.4 is 11.1 Å². The molecule has 3 heteroatoms. The monoisotopic (exact) mass is 274 g/mol. The van der Waals surface area contributed by atoms with Crippen LogP contribution in [-0.2, 0) is 6.54 Å². The van der Waals surface area contributed by atoms with Crippen molar-refractivity contribution < 1.29 is 4.42 Å². The van der Waals surface area contributed by atoms with Gasteiger partial charge in [-0.2, -0.15) is 0 Å². The van der Waals surface area contributed by atoms with Crippen LogP contribution in [-0.4, -0.2) is 6.04 Å². The Hall–Kier alpha value is -0.960. The summed E-state index contributed by atoms with van der Waals surface area (Å²) in [6, 6.07) is 4.41. The van der Waals surface area contributed by atoms with Crippen LogP contribution in [0.2, 0.25) is 0 Å². The van der Waals surface area contributed by atoms with Crippen molar-refractivity contribution in [3.05, 3.63) is 17.9 Å². The van der Waals surface area contributed by atoms with Gasteiger partial charge in [-0.15, -0.1) is 0 Å². The standard InChI is InChI=1S/C17H26N2O/c1-11(19-10-15-2-3-16(18)20-15)17-7-12-4-13(8-17)6-14(5-12)9-17/h2-3,11-14,19H,4-10,18H2,1H3. The van der Waals surface area contributed by atoms with Gasteiger partial charge in [0.1, 0.15) is 5.76 Å². The molecule has 3 N–H and O–H groups in total. The van der Waals surface area contributed by atoms with Gasteiger partial charge in [0.2, 0.25) is 0 Å². The number of furan rings is 1. The third-order valence-corrected chi connectivity index (χ3v) is 6.27. The molecule has 1 atom stereocenters. The van der Waals surface area contributed by atoms with E-state index in [1.165, 1.54) is 38.5 Å². The van der Waals surface area contributed by atoms with Crippen molar-refractivity contribution in [1.29, 1.82) is 0 Å². The highest BCUT2D eigenvalue weighted by Crippen LogP contribution is 2.61. The molecule has 0 aromatic carbocycles. The summed E-state index contributed by atoms with van der Waals surface area (Å²) in [4.78, 5) is 0. The number of nitrogens with two attached hydrogens (primary N) is 1. The highest BCUT2D eigenvalue weighted by molar-refractivity contribution is 5.25. The highest BCUT2D eigenvalue weighted by atomic mass is 16.4. The number of anilines is 1. The maximum atomic E-state index is 5.64. The first-order chi connectivity index (χ1) is 9.63. The average molecular weight is 274 g/mol. The fourth-order valence-electron chi connectivity index (χ4n) is 5.67. The Morgan fingerprint density at radius 1 is 1.20 bits per heavy atom. The molecule has 1 aromatic rings. The number of nitrogen functional groups attached to an aromatic ring is 1. The van der Waals surface area contributed by atoms with Crippen molar-refractivity contribution in [3.63, 3.8) is 0 Å². The normalized spacial score (nSPS) is 40.1. The van der Waals surface area contributed by atoms with Gasteiger partial charge < -0.3 is 15.5 Å². The van der Waals surface area contributed by atoms with Gasteiger partial charge in [-0.3, -0.25) is 0 Å². The van der Waals surface area contributed by atoms with Crippen LogP contribution in [0.4, 0.5) is 5.88 Å². The van der Waals surface area contributed by atoms with Crippen molar-refractivity contribution in [2.24, 2.45) is 23.2 Å². The Balaban J connectivity index is 1.44. The molecular formula is C17H26N2O. The Bertz CT molecular complexity index is 458. The second kappa shape index (κ2) is 4.52. The molecule has 1 heterocycles. The first-order valence-electron chi connectivity index (χ1n) is 8.20. The van der Waals surface area contributed by atoms with Gasteiger partial charge in [-0.05, 0) is 74.7 Å². The molecule has 4 saturated carbocycles. The van der Waals surface area contributed by atoms with Crippen LogP contribution in [0.1, 0.15) is 51.2 Å². The summed E-state index contributed by atoms with van der Waals surface area (Å²) >= 11 is 0. The van der Waals surface area contributed by atoms with Gasteiger partial charge in [-0.1, -0.05) is 0 Å². The lowest BCUT2D eigenvalue weighted by Gasteiger charge is -2.59. The number of rotatable bonds is 4. The van der Waals surface area contributed by atoms with Gasteiger partial charge in [0.25, 0.3) is 0 Å². The zero-order chi connectivity index (χ0) is 13.7. The van der Waals surface area contributed by atoms with E-state index in [1.807, 2.05) is 12.1 Å². The van der Waals surface area contributed by atoms with E-state index in [0.717, 1.165) is 30.1 Å². The molecule has 4 aliphatic rings. The van der Waals surface area contributed by atoms with E-state index in [1.54, 1.807) is 0 Å². The van der Waals surface area contributed by atoms with E-state index < -0.39 is 0 Å². The quantitative estimate of drug-likeness (QED) is 0.882. The zero-order valence-electron chi connectivity index (χ0n) is 12.4. The van der Waals surface area contributed by atoms with Crippen LogP contribution in [0.5, 0.6) is 0 Å². The second-order valence-corrected chi connectivity index (χ2v) is 7.69. The average Bonchev–Trinajstić information content (AvgIpc) is 2.80. The van der Waals surface area contributed by atoms with Gasteiger partial charge in [0.05, 0.1) is 6.54 Å². The van der Waals surface area contributed by atoms with Gasteiger partial charge in [-0.25, -0.2) is 0 Å². The number of nitrogens with one attached hydrogen (secondary N) is 1. The minimum atomic E-state index is 0.518. The molecule has 0 aliphatic heterocycles. The topological polar surface area (TPSA) is 51.2 Å². The molecule has 4 bridgehead atoms. The summed E-state index contributed by atoms with van der Waals surface area (Å²) in [5.74, 6) is 4.53. The molecule has 110 valence electrons. The van der Waals surface area contributed by atoms with Crippen LogP contribution in [0, 0.1) is 23.2 Å². The molecular weight excluding hydrogens is 248 g/mol. The number of hydrogen-bond donors (Lipinski definition) is 2. The minimum Gasteiger partial charge on any atom is -0.445 e. The molecule has 4 fully saturated rings. The van der Waals surface area contributed by atoms with Crippen molar-refractivity contribution in [2.75, 3.05) is 5.73 Å². The maximum absolute atomic E-state index is 5.64. The van der Waals surface area contributed by atoms with Gasteiger partial charge >= 0.3 is 0 Å². The lowest BCUT2D eigenvalue weighted by atomic mass is 9.48. The van der Waals surface area contributed by atoms with Crippen LogP contribution in [0.15, 0.2) is 16.5 Å². The predicted octanol–water partition coefficient (Wildman–Crippen LogP) is 3.56.